The number of halogens is 1. The molecule has 0 aromatic heterocycles. The molecule has 2 nitrogen and oxygen atoms in total. The molecule has 0 radical (unpaired) electrons. The maximum Gasteiger partial charge on any atom is 0.246 e. The highest BCUT2D eigenvalue weighted by Gasteiger charge is 2.08. The van der Waals surface area contributed by atoms with Gasteiger partial charge in [0, 0.05) is 18.1 Å². The summed E-state index contributed by atoms with van der Waals surface area (Å²) in [7, 11) is 0. The SMILES string of the molecule is CC=CC(=O)N(CC)Cc1cccc(Cl)c1. The summed E-state index contributed by atoms with van der Waals surface area (Å²) in [6, 6.07) is 7.57. The van der Waals surface area contributed by atoms with Gasteiger partial charge in [-0.1, -0.05) is 29.8 Å². The molecule has 16 heavy (non-hydrogen) atoms. The van der Waals surface area contributed by atoms with E-state index >= 15 is 0 Å². The lowest BCUT2D eigenvalue weighted by molar-refractivity contribution is -0.126. The fourth-order valence-electron chi connectivity index (χ4n) is 1.45. The van der Waals surface area contributed by atoms with Gasteiger partial charge in [0.05, 0.1) is 0 Å². The van der Waals surface area contributed by atoms with Gasteiger partial charge in [0.2, 0.25) is 5.91 Å². The maximum atomic E-state index is 11.7. The molecule has 0 aliphatic carbocycles. The molecule has 0 saturated carbocycles. The molecular formula is C13H16ClNO. The fraction of sp³-hybridized carbons (Fsp3) is 0.308. The Labute approximate surface area is 102 Å². The van der Waals surface area contributed by atoms with Crippen LogP contribution in [0.1, 0.15) is 19.4 Å². The summed E-state index contributed by atoms with van der Waals surface area (Å²) in [6.45, 7) is 5.09. The topological polar surface area (TPSA) is 20.3 Å². The summed E-state index contributed by atoms with van der Waals surface area (Å²) in [6.07, 6.45) is 3.33. The zero-order chi connectivity index (χ0) is 12.0. The summed E-state index contributed by atoms with van der Waals surface area (Å²) in [5.74, 6) is 0.0324. The molecule has 0 aliphatic heterocycles. The van der Waals surface area contributed by atoms with E-state index in [4.69, 9.17) is 11.6 Å². The van der Waals surface area contributed by atoms with Crippen molar-refractivity contribution in [3.05, 3.63) is 47.0 Å². The highest BCUT2D eigenvalue weighted by Crippen LogP contribution is 2.12. The predicted molar refractivity (Wildman–Crippen MR) is 67.4 cm³/mol. The van der Waals surface area contributed by atoms with Crippen molar-refractivity contribution in [1.82, 2.24) is 4.90 Å². The first-order valence-electron chi connectivity index (χ1n) is 5.33. The Morgan fingerprint density at radius 1 is 1.50 bits per heavy atom. The van der Waals surface area contributed by atoms with Crippen molar-refractivity contribution in [1.29, 1.82) is 0 Å². The van der Waals surface area contributed by atoms with Gasteiger partial charge in [-0.25, -0.2) is 0 Å². The van der Waals surface area contributed by atoms with Gasteiger partial charge < -0.3 is 4.90 Å². The highest BCUT2D eigenvalue weighted by atomic mass is 35.5. The van der Waals surface area contributed by atoms with E-state index in [2.05, 4.69) is 0 Å². The van der Waals surface area contributed by atoms with Crippen LogP contribution in [-0.4, -0.2) is 17.4 Å². The normalized spacial score (nSPS) is 10.7. The standard InChI is InChI=1S/C13H16ClNO/c1-3-6-13(16)15(4-2)10-11-7-5-8-12(14)9-11/h3,5-9H,4,10H2,1-2H3. The molecule has 1 rings (SSSR count). The van der Waals surface area contributed by atoms with Gasteiger partial charge in [0.15, 0.2) is 0 Å². The molecule has 0 bridgehead atoms. The Hall–Kier alpha value is -1.28. The molecule has 0 aliphatic rings. The van der Waals surface area contributed by atoms with Crippen LogP contribution in [0.25, 0.3) is 0 Å². The summed E-state index contributed by atoms with van der Waals surface area (Å²) in [5.41, 5.74) is 1.05. The zero-order valence-electron chi connectivity index (χ0n) is 9.61. The van der Waals surface area contributed by atoms with Crippen molar-refractivity contribution >= 4 is 17.5 Å². The summed E-state index contributed by atoms with van der Waals surface area (Å²) >= 11 is 5.89. The molecule has 0 atom stereocenters. The fourth-order valence-corrected chi connectivity index (χ4v) is 1.66. The number of allylic oxidation sites excluding steroid dienone is 1. The van der Waals surface area contributed by atoms with Crippen LogP contribution in [0, 0.1) is 0 Å². The van der Waals surface area contributed by atoms with Crippen molar-refractivity contribution in [3.63, 3.8) is 0 Å². The van der Waals surface area contributed by atoms with Crippen molar-refractivity contribution in [3.8, 4) is 0 Å². The first kappa shape index (κ1) is 12.8. The van der Waals surface area contributed by atoms with Crippen LogP contribution < -0.4 is 0 Å². The third kappa shape index (κ3) is 3.70. The smallest absolute Gasteiger partial charge is 0.246 e. The van der Waals surface area contributed by atoms with Crippen molar-refractivity contribution in [2.75, 3.05) is 6.54 Å². The van der Waals surface area contributed by atoms with E-state index in [1.54, 1.807) is 17.1 Å². The average molecular weight is 238 g/mol. The van der Waals surface area contributed by atoms with Gasteiger partial charge in [0.1, 0.15) is 0 Å². The lowest BCUT2D eigenvalue weighted by Gasteiger charge is -2.19. The first-order valence-corrected chi connectivity index (χ1v) is 5.71. The molecule has 0 spiro atoms. The van der Waals surface area contributed by atoms with Crippen molar-refractivity contribution in [2.45, 2.75) is 20.4 Å². The third-order valence-corrected chi connectivity index (χ3v) is 2.50. The number of amides is 1. The van der Waals surface area contributed by atoms with Crippen molar-refractivity contribution in [2.24, 2.45) is 0 Å². The van der Waals surface area contributed by atoms with E-state index in [9.17, 15) is 4.79 Å². The van der Waals surface area contributed by atoms with E-state index in [0.29, 0.717) is 18.1 Å². The quantitative estimate of drug-likeness (QED) is 0.736. The lowest BCUT2D eigenvalue weighted by Crippen LogP contribution is -2.28. The van der Waals surface area contributed by atoms with Crippen molar-refractivity contribution < 1.29 is 4.79 Å². The van der Waals surface area contributed by atoms with Gasteiger partial charge in [-0.2, -0.15) is 0 Å². The maximum absolute atomic E-state index is 11.7. The molecule has 0 unspecified atom stereocenters. The molecule has 1 aromatic carbocycles. The third-order valence-electron chi connectivity index (χ3n) is 2.27. The number of hydrogen-bond donors (Lipinski definition) is 0. The molecule has 1 amide bonds. The number of nitrogens with zero attached hydrogens (tertiary/aromatic N) is 1. The molecule has 0 saturated heterocycles. The number of benzene rings is 1. The molecule has 0 N–H and O–H groups in total. The molecule has 3 heteroatoms. The highest BCUT2D eigenvalue weighted by molar-refractivity contribution is 6.30. The second-order valence-electron chi connectivity index (χ2n) is 3.48. The number of rotatable bonds is 4. The van der Waals surface area contributed by atoms with Crippen LogP contribution in [0.4, 0.5) is 0 Å². The van der Waals surface area contributed by atoms with Crippen LogP contribution in [0.2, 0.25) is 5.02 Å². The van der Waals surface area contributed by atoms with Crippen LogP contribution in [0.15, 0.2) is 36.4 Å². The summed E-state index contributed by atoms with van der Waals surface area (Å²) in [4.78, 5) is 13.4. The largest absolute Gasteiger partial charge is 0.335 e. The molecule has 0 fully saturated rings. The van der Waals surface area contributed by atoms with Gasteiger partial charge in [-0.15, -0.1) is 0 Å². The monoisotopic (exact) mass is 237 g/mol. The second-order valence-corrected chi connectivity index (χ2v) is 3.92. The Bertz CT molecular complexity index is 387. The van der Waals surface area contributed by atoms with E-state index in [-0.39, 0.29) is 5.91 Å². The average Bonchev–Trinajstić information content (AvgIpc) is 2.26. The second kappa shape index (κ2) is 6.33. The van der Waals surface area contributed by atoms with Gasteiger partial charge in [-0.3, -0.25) is 4.79 Å². The Morgan fingerprint density at radius 3 is 2.81 bits per heavy atom. The lowest BCUT2D eigenvalue weighted by atomic mass is 10.2. The minimum Gasteiger partial charge on any atom is -0.335 e. The van der Waals surface area contributed by atoms with Crippen LogP contribution >= 0.6 is 11.6 Å². The minimum atomic E-state index is 0.0324. The van der Waals surface area contributed by atoms with Crippen LogP contribution in [0.3, 0.4) is 0 Å². The Kier molecular flexibility index (Phi) is 5.06. The van der Waals surface area contributed by atoms with Gasteiger partial charge in [-0.05, 0) is 37.6 Å². The Morgan fingerprint density at radius 2 is 2.25 bits per heavy atom. The summed E-state index contributed by atoms with van der Waals surface area (Å²) in [5, 5.41) is 0.701. The molecule has 86 valence electrons. The van der Waals surface area contributed by atoms with Crippen LogP contribution in [0.5, 0.6) is 0 Å². The van der Waals surface area contributed by atoms with E-state index < -0.39 is 0 Å². The number of hydrogen-bond acceptors (Lipinski definition) is 1. The molecular weight excluding hydrogens is 222 g/mol. The minimum absolute atomic E-state index is 0.0324. The van der Waals surface area contributed by atoms with Crippen LogP contribution in [-0.2, 0) is 11.3 Å². The first-order chi connectivity index (χ1) is 7.67. The number of likely N-dealkylation sites (N-methyl/N-ethyl adjacent to an activating group) is 1. The van der Waals surface area contributed by atoms with E-state index in [1.807, 2.05) is 38.1 Å². The molecule has 0 heterocycles. The predicted octanol–water partition coefficient (Wildman–Crippen LogP) is 3.26. The van der Waals surface area contributed by atoms with E-state index in [1.165, 1.54) is 0 Å². The number of carbonyl (C=O) groups is 1. The Balaban J connectivity index is 2.74. The van der Waals surface area contributed by atoms with Gasteiger partial charge >= 0.3 is 0 Å². The number of carbonyl (C=O) groups excluding carboxylic acids is 1. The van der Waals surface area contributed by atoms with Gasteiger partial charge in [0.25, 0.3) is 0 Å². The van der Waals surface area contributed by atoms with E-state index in [0.717, 1.165) is 5.56 Å². The summed E-state index contributed by atoms with van der Waals surface area (Å²) < 4.78 is 0. The molecule has 1 aromatic rings. The zero-order valence-corrected chi connectivity index (χ0v) is 10.4.